The van der Waals surface area contributed by atoms with Gasteiger partial charge >= 0.3 is 17.9 Å². The molecule has 0 aliphatic carbocycles. The molecule has 0 aliphatic heterocycles. The average Bonchev–Trinajstić information content (AvgIpc) is 4.28. The largest absolute Gasteiger partial charge is 0.455 e. The third-order valence-corrected chi connectivity index (χ3v) is 16.8. The first kappa shape index (κ1) is 57.4. The molecule has 4 atom stereocenters. The second-order valence-corrected chi connectivity index (χ2v) is 22.0. The number of carbonyl (C=O) groups excluding carboxylic acids is 6. The predicted molar refractivity (Wildman–Crippen MR) is 313 cm³/mol. The number of rotatable bonds is 20. The molecule has 80 heavy (non-hydrogen) atoms. The highest BCUT2D eigenvalue weighted by molar-refractivity contribution is 7.14. The molecule has 9 rings (SSSR count). The zero-order chi connectivity index (χ0) is 56.3. The topological polar surface area (TPSA) is 196 Å². The summed E-state index contributed by atoms with van der Waals surface area (Å²) in [5.74, 6) is -7.35. The quantitative estimate of drug-likeness (QED) is 0.0485. The van der Waals surface area contributed by atoms with Crippen molar-refractivity contribution in [3.05, 3.63) is 227 Å². The molecule has 0 radical (unpaired) electrons. The zero-order valence-corrected chi connectivity index (χ0v) is 47.5. The first-order valence-electron chi connectivity index (χ1n) is 24.2. The Morgan fingerprint density at radius 2 is 0.850 bits per heavy atom. The number of halogens is 5. The van der Waals surface area contributed by atoms with E-state index < -0.39 is 66.0 Å². The molecule has 0 aliphatic rings. The Labute approximate surface area is 495 Å². The Kier molecular flexibility index (Phi) is 19.2. The van der Waals surface area contributed by atoms with E-state index in [9.17, 15) is 28.8 Å². The van der Waals surface area contributed by atoms with Crippen LogP contribution in [-0.2, 0) is 23.9 Å². The van der Waals surface area contributed by atoms with Crippen LogP contribution in [0.1, 0.15) is 72.5 Å². The van der Waals surface area contributed by atoms with E-state index >= 15 is 0 Å². The fourth-order valence-corrected chi connectivity index (χ4v) is 11.9. The summed E-state index contributed by atoms with van der Waals surface area (Å²) in [5, 5.41) is 15.8. The highest BCUT2D eigenvalue weighted by Crippen LogP contribution is 2.37. The molecule has 9 aromatic rings. The Balaban J connectivity index is 0.985. The van der Waals surface area contributed by atoms with Crippen LogP contribution in [0.5, 0.6) is 0 Å². The number of benzene rings is 6. The van der Waals surface area contributed by atoms with Gasteiger partial charge in [0, 0.05) is 45.9 Å². The lowest BCUT2D eigenvalue weighted by molar-refractivity contribution is -0.163. The molecule has 3 aromatic heterocycles. The molecular formula is C58H41Cl5N6O8S3. The summed E-state index contributed by atoms with van der Waals surface area (Å²) in [6.07, 6.45) is -2.18. The average molecular weight is 1220 g/mol. The molecule has 0 bridgehead atoms. The van der Waals surface area contributed by atoms with E-state index in [1.807, 2.05) is 0 Å². The lowest BCUT2D eigenvalue weighted by Crippen LogP contribution is -2.44. The van der Waals surface area contributed by atoms with Gasteiger partial charge in [0.25, 0.3) is 17.7 Å². The van der Waals surface area contributed by atoms with Crippen LogP contribution < -0.4 is 16.0 Å². The third kappa shape index (κ3) is 14.0. The SMILES string of the molecule is O=C(CC(NC(=O)c1csc(-c2cccc(Cl)c2Cl)n1)C(OC(=O)C(CNC(=O)c1csc(-c2ccccc2Cl)n1)c1ccccc1)c1ccccc1)OC(=O)C(CNC(=O)c1csc(-c2cccc(Cl)c2Cl)n1)c1ccccc1. The summed E-state index contributed by atoms with van der Waals surface area (Å²) in [4.78, 5) is 98.7. The second-order valence-electron chi connectivity index (χ2n) is 17.5. The van der Waals surface area contributed by atoms with Gasteiger partial charge in [0.15, 0.2) is 0 Å². The van der Waals surface area contributed by atoms with Gasteiger partial charge in [-0.1, -0.05) is 191 Å². The second kappa shape index (κ2) is 26.8. The van der Waals surface area contributed by atoms with Crippen LogP contribution in [0.4, 0.5) is 0 Å². The number of nitrogens with one attached hydrogen (secondary N) is 3. The molecule has 3 amide bonds. The van der Waals surface area contributed by atoms with Crippen LogP contribution in [-0.4, -0.2) is 69.7 Å². The standard InChI is InChI=1S/C58H41Cl5N6O8S3/c59-40-23-11-10-20-35(40)54-67-44(29-78-54)51(71)65-28-39(33-16-6-2-7-17-33)58(75)77-50(34-18-8-3-9-19-34)43(66-53(73)46-31-80-56(69-46)37-22-13-25-42(61)49(37)63)26-47(70)76-57(74)38(32-14-4-1-5-15-32)27-64-52(72)45-30-79-55(68-45)36-21-12-24-41(60)48(36)62/h1-25,29-31,38-39,43,50H,26-28H2,(H,64,72)(H,65,71)(H,66,73). The molecule has 0 fully saturated rings. The zero-order valence-electron chi connectivity index (χ0n) is 41.3. The number of thiazole rings is 3. The van der Waals surface area contributed by atoms with E-state index in [-0.39, 0.29) is 45.2 Å². The number of amides is 3. The Bertz CT molecular complexity index is 3720. The van der Waals surface area contributed by atoms with Crippen molar-refractivity contribution in [3.63, 3.8) is 0 Å². The van der Waals surface area contributed by atoms with E-state index in [0.29, 0.717) is 58.4 Å². The molecule has 4 unspecified atom stereocenters. The minimum atomic E-state index is -1.44. The first-order valence-corrected chi connectivity index (χ1v) is 28.7. The third-order valence-electron chi connectivity index (χ3n) is 12.2. The molecule has 22 heteroatoms. The van der Waals surface area contributed by atoms with Crippen LogP contribution in [0.2, 0.25) is 25.1 Å². The Hall–Kier alpha value is -7.32. The van der Waals surface area contributed by atoms with Gasteiger partial charge in [0.05, 0.1) is 49.4 Å². The van der Waals surface area contributed by atoms with Crippen LogP contribution in [0.15, 0.2) is 168 Å². The molecule has 0 saturated carbocycles. The highest BCUT2D eigenvalue weighted by Gasteiger charge is 2.36. The molecule has 3 heterocycles. The van der Waals surface area contributed by atoms with Crippen molar-refractivity contribution in [3.8, 4) is 31.7 Å². The van der Waals surface area contributed by atoms with Crippen LogP contribution in [0.3, 0.4) is 0 Å². The minimum absolute atomic E-state index is 0.0415. The lowest BCUT2D eigenvalue weighted by atomic mass is 9.96. The smallest absolute Gasteiger partial charge is 0.322 e. The number of aromatic nitrogens is 3. The van der Waals surface area contributed by atoms with E-state index in [0.717, 1.165) is 11.3 Å². The van der Waals surface area contributed by atoms with E-state index in [1.165, 1.54) is 33.4 Å². The number of nitrogens with zero attached hydrogens (tertiary/aromatic N) is 3. The van der Waals surface area contributed by atoms with Crippen LogP contribution >= 0.6 is 92.0 Å². The van der Waals surface area contributed by atoms with Crippen molar-refractivity contribution in [2.75, 3.05) is 13.1 Å². The number of hydrogen-bond donors (Lipinski definition) is 3. The summed E-state index contributed by atoms with van der Waals surface area (Å²) in [6, 6.07) is 41.0. The monoisotopic (exact) mass is 1220 g/mol. The minimum Gasteiger partial charge on any atom is -0.455 e. The van der Waals surface area contributed by atoms with Gasteiger partial charge in [-0.05, 0) is 34.9 Å². The predicted octanol–water partition coefficient (Wildman–Crippen LogP) is 13.6. The maximum atomic E-state index is 14.9. The van der Waals surface area contributed by atoms with Crippen molar-refractivity contribution < 1.29 is 38.2 Å². The van der Waals surface area contributed by atoms with Crippen molar-refractivity contribution >= 4 is 128 Å². The van der Waals surface area contributed by atoms with Crippen LogP contribution in [0, 0.1) is 0 Å². The van der Waals surface area contributed by atoms with E-state index in [4.69, 9.17) is 67.5 Å². The molecule has 14 nitrogen and oxygen atoms in total. The number of carbonyl (C=O) groups is 6. The van der Waals surface area contributed by atoms with Crippen molar-refractivity contribution in [1.82, 2.24) is 30.9 Å². The summed E-state index contributed by atoms with van der Waals surface area (Å²) >= 11 is 35.4. The van der Waals surface area contributed by atoms with Gasteiger partial charge in [-0.15, -0.1) is 34.0 Å². The van der Waals surface area contributed by atoms with Crippen molar-refractivity contribution in [2.45, 2.75) is 30.4 Å². The summed E-state index contributed by atoms with van der Waals surface area (Å²) in [7, 11) is 0. The number of hydrogen-bond acceptors (Lipinski definition) is 14. The molecule has 0 saturated heterocycles. The van der Waals surface area contributed by atoms with Crippen molar-refractivity contribution in [1.29, 1.82) is 0 Å². The summed E-state index contributed by atoms with van der Waals surface area (Å²) < 4.78 is 12.0. The first-order chi connectivity index (χ1) is 38.7. The molecule has 0 spiro atoms. The van der Waals surface area contributed by atoms with Gasteiger partial charge in [-0.25, -0.2) is 15.0 Å². The van der Waals surface area contributed by atoms with E-state index in [1.54, 1.807) is 157 Å². The highest BCUT2D eigenvalue weighted by atomic mass is 35.5. The Morgan fingerprint density at radius 1 is 0.450 bits per heavy atom. The van der Waals surface area contributed by atoms with E-state index in [2.05, 4.69) is 30.9 Å². The number of esters is 3. The fraction of sp³-hybridized carbons (Fsp3) is 0.121. The molecule has 6 aromatic carbocycles. The molecule has 404 valence electrons. The van der Waals surface area contributed by atoms with Gasteiger partial charge in [-0.2, -0.15) is 0 Å². The van der Waals surface area contributed by atoms with Gasteiger partial charge in [0.2, 0.25) is 0 Å². The van der Waals surface area contributed by atoms with Gasteiger partial charge < -0.3 is 25.4 Å². The van der Waals surface area contributed by atoms with Gasteiger partial charge in [0.1, 0.15) is 38.2 Å². The molecular weight excluding hydrogens is 1180 g/mol. The Morgan fingerprint density at radius 3 is 1.34 bits per heavy atom. The fourth-order valence-electron chi connectivity index (χ4n) is 8.21. The molecule has 3 N–H and O–H groups in total. The van der Waals surface area contributed by atoms with Crippen LogP contribution in [0.25, 0.3) is 31.7 Å². The van der Waals surface area contributed by atoms with Crippen molar-refractivity contribution in [2.24, 2.45) is 0 Å². The maximum absolute atomic E-state index is 14.9. The lowest BCUT2D eigenvalue weighted by Gasteiger charge is -2.29. The summed E-state index contributed by atoms with van der Waals surface area (Å²) in [6.45, 7) is -0.587. The normalized spacial score (nSPS) is 12.6. The van der Waals surface area contributed by atoms with Gasteiger partial charge in [-0.3, -0.25) is 28.8 Å². The summed E-state index contributed by atoms with van der Waals surface area (Å²) in [5.41, 5.74) is 2.92. The maximum Gasteiger partial charge on any atom is 0.322 e. The number of ether oxygens (including phenoxy) is 2.